The van der Waals surface area contributed by atoms with Gasteiger partial charge in [0.05, 0.1) is 18.8 Å². The van der Waals surface area contributed by atoms with E-state index in [1.54, 1.807) is 0 Å². The molecule has 1 heterocycles. The number of ether oxygens (including phenoxy) is 2. The molecule has 9 heteroatoms. The van der Waals surface area contributed by atoms with Crippen LogP contribution in [0.15, 0.2) is 35.4 Å². The summed E-state index contributed by atoms with van der Waals surface area (Å²) >= 11 is 1.42. The van der Waals surface area contributed by atoms with Crippen LogP contribution < -0.4 is 5.32 Å². The highest BCUT2D eigenvalue weighted by molar-refractivity contribution is 8.13. The number of hydrogen-bond acceptors (Lipinski definition) is 7. The Balaban J connectivity index is 1.68. The van der Waals surface area contributed by atoms with Gasteiger partial charge in [-0.05, 0) is 44.8 Å². The summed E-state index contributed by atoms with van der Waals surface area (Å²) in [4.78, 5) is 28.6. The van der Waals surface area contributed by atoms with Crippen molar-refractivity contribution < 1.29 is 19.1 Å². The van der Waals surface area contributed by atoms with Crippen LogP contribution in [0.25, 0.3) is 0 Å². The van der Waals surface area contributed by atoms with E-state index >= 15 is 0 Å². The number of amides is 2. The average molecular weight is 519 g/mol. The number of Topliss-reactive ketones (excluding diaryl/α,β-unsaturated/α-hetero) is 1. The van der Waals surface area contributed by atoms with Crippen LogP contribution in [-0.4, -0.2) is 71.7 Å². The molecular weight excluding hydrogens is 476 g/mol. The van der Waals surface area contributed by atoms with Crippen LogP contribution in [0.5, 0.6) is 0 Å². The second kappa shape index (κ2) is 14.0. The molecule has 1 fully saturated rings. The van der Waals surface area contributed by atoms with Crippen molar-refractivity contribution in [2.24, 2.45) is 11.0 Å². The van der Waals surface area contributed by atoms with Crippen LogP contribution in [-0.2, 0) is 20.9 Å². The summed E-state index contributed by atoms with van der Waals surface area (Å²) in [5, 5.41) is 9.23. The molecule has 1 aliphatic heterocycles. The van der Waals surface area contributed by atoms with E-state index in [0.717, 1.165) is 56.4 Å². The molecule has 0 radical (unpaired) electrons. The van der Waals surface area contributed by atoms with Gasteiger partial charge >= 0.3 is 6.03 Å². The van der Waals surface area contributed by atoms with Crippen molar-refractivity contribution in [1.82, 2.24) is 15.2 Å². The van der Waals surface area contributed by atoms with E-state index in [-0.39, 0.29) is 5.78 Å². The number of nitrogens with zero attached hydrogens (tertiary/aromatic N) is 3. The van der Waals surface area contributed by atoms with E-state index in [1.807, 2.05) is 44.4 Å². The molecule has 2 amide bonds. The molecule has 2 aliphatic rings. The number of carbonyl (C=O) groups is 2. The molecule has 8 nitrogen and oxygen atoms in total. The van der Waals surface area contributed by atoms with Gasteiger partial charge in [-0.25, -0.2) is 4.79 Å². The van der Waals surface area contributed by atoms with Gasteiger partial charge in [-0.3, -0.25) is 4.79 Å². The lowest BCUT2D eigenvalue weighted by Crippen LogP contribution is -2.57. The number of benzene rings is 1. The van der Waals surface area contributed by atoms with Gasteiger partial charge in [-0.2, -0.15) is 5.01 Å². The molecule has 1 saturated carbocycles. The zero-order chi connectivity index (χ0) is 26.0. The standard InChI is InChI=1S/C27H42N4O4S/c1-21(2)13-14-23(32)24-31(29-26(35-24)36-18-17-30(3)4)25(33)28-27(15-9-6-10-16-27)20-34-19-22-11-7-5-8-12-22/h5,7-8,11-12,21,24H,6,9-10,13-20H2,1-4H3,(H,28,33). The molecule has 1 unspecified atom stereocenters. The predicted molar refractivity (Wildman–Crippen MR) is 145 cm³/mol. The summed E-state index contributed by atoms with van der Waals surface area (Å²) in [6, 6.07) is 9.64. The molecule has 0 saturated heterocycles. The number of thioether (sulfide) groups is 1. The highest BCUT2D eigenvalue weighted by Gasteiger charge is 2.42. The average Bonchev–Trinajstić information content (AvgIpc) is 3.28. The summed E-state index contributed by atoms with van der Waals surface area (Å²) in [6.07, 6.45) is 4.94. The van der Waals surface area contributed by atoms with Crippen LogP contribution in [0.3, 0.4) is 0 Å². The van der Waals surface area contributed by atoms with E-state index in [0.29, 0.717) is 30.8 Å². The van der Waals surface area contributed by atoms with Crippen molar-refractivity contribution in [1.29, 1.82) is 0 Å². The Labute approximate surface area is 220 Å². The predicted octanol–water partition coefficient (Wildman–Crippen LogP) is 4.85. The highest BCUT2D eigenvalue weighted by atomic mass is 32.2. The van der Waals surface area contributed by atoms with E-state index in [2.05, 4.69) is 29.2 Å². The van der Waals surface area contributed by atoms with Crippen molar-refractivity contribution in [2.75, 3.05) is 33.0 Å². The van der Waals surface area contributed by atoms with E-state index in [9.17, 15) is 9.59 Å². The maximum Gasteiger partial charge on any atom is 0.342 e. The number of rotatable bonds is 12. The van der Waals surface area contributed by atoms with Crippen LogP contribution in [0.4, 0.5) is 4.79 Å². The summed E-state index contributed by atoms with van der Waals surface area (Å²) in [5.74, 6) is 1.02. The first-order valence-corrected chi connectivity index (χ1v) is 14.0. The number of urea groups is 1. The highest BCUT2D eigenvalue weighted by Crippen LogP contribution is 2.30. The fourth-order valence-corrected chi connectivity index (χ4v) is 5.29. The third kappa shape index (κ3) is 8.78. The molecule has 1 atom stereocenters. The minimum atomic E-state index is -1.02. The van der Waals surface area contributed by atoms with E-state index in [4.69, 9.17) is 9.47 Å². The summed E-state index contributed by atoms with van der Waals surface area (Å²) in [6.45, 7) is 5.91. The number of hydrogen-bond donors (Lipinski definition) is 1. The van der Waals surface area contributed by atoms with E-state index in [1.165, 1.54) is 16.8 Å². The zero-order valence-corrected chi connectivity index (χ0v) is 23.0. The minimum absolute atomic E-state index is 0.121. The lowest BCUT2D eigenvalue weighted by atomic mass is 9.82. The third-order valence-corrected chi connectivity index (χ3v) is 7.32. The molecule has 0 spiro atoms. The number of hydrazone groups is 1. The van der Waals surface area contributed by atoms with Gasteiger partial charge in [-0.15, -0.1) is 5.10 Å². The Morgan fingerprint density at radius 2 is 1.94 bits per heavy atom. The third-order valence-electron chi connectivity index (χ3n) is 6.51. The first-order chi connectivity index (χ1) is 17.3. The van der Waals surface area contributed by atoms with Gasteiger partial charge in [0.25, 0.3) is 11.5 Å². The molecular formula is C27H42N4O4S. The molecule has 0 bridgehead atoms. The minimum Gasteiger partial charge on any atom is -0.438 e. The van der Waals surface area contributed by atoms with Gasteiger partial charge in [0.2, 0.25) is 0 Å². The van der Waals surface area contributed by atoms with Crippen molar-refractivity contribution in [3.8, 4) is 0 Å². The molecule has 1 aromatic rings. The molecule has 0 aromatic heterocycles. The maximum atomic E-state index is 13.5. The van der Waals surface area contributed by atoms with Gasteiger partial charge in [0.15, 0.2) is 5.78 Å². The van der Waals surface area contributed by atoms with Crippen LogP contribution in [0, 0.1) is 5.92 Å². The van der Waals surface area contributed by atoms with Gasteiger partial charge < -0.3 is 19.7 Å². The Morgan fingerprint density at radius 1 is 1.22 bits per heavy atom. The van der Waals surface area contributed by atoms with Crippen molar-refractivity contribution in [2.45, 2.75) is 77.2 Å². The van der Waals surface area contributed by atoms with Crippen molar-refractivity contribution in [3.05, 3.63) is 35.9 Å². The Hall–Kier alpha value is -2.10. The monoisotopic (exact) mass is 518 g/mol. The van der Waals surface area contributed by atoms with Crippen molar-refractivity contribution in [3.63, 3.8) is 0 Å². The first kappa shape index (κ1) is 28.5. The van der Waals surface area contributed by atoms with Crippen LogP contribution in [0.2, 0.25) is 0 Å². The van der Waals surface area contributed by atoms with Crippen LogP contribution in [0.1, 0.15) is 64.4 Å². The largest absolute Gasteiger partial charge is 0.438 e. The number of carbonyl (C=O) groups excluding carboxylic acids is 2. The second-order valence-electron chi connectivity index (χ2n) is 10.5. The second-order valence-corrected chi connectivity index (χ2v) is 11.5. The summed E-state index contributed by atoms with van der Waals surface area (Å²) in [7, 11) is 4.00. The van der Waals surface area contributed by atoms with Gasteiger partial charge in [0.1, 0.15) is 0 Å². The van der Waals surface area contributed by atoms with Crippen molar-refractivity contribution >= 4 is 28.8 Å². The zero-order valence-electron chi connectivity index (χ0n) is 22.2. The molecule has 36 heavy (non-hydrogen) atoms. The smallest absolute Gasteiger partial charge is 0.342 e. The number of ketones is 1. The topological polar surface area (TPSA) is 83.5 Å². The first-order valence-electron chi connectivity index (χ1n) is 13.1. The molecule has 1 aromatic carbocycles. The molecule has 3 rings (SSSR count). The van der Waals surface area contributed by atoms with Gasteiger partial charge in [-0.1, -0.05) is 75.2 Å². The quantitative estimate of drug-likeness (QED) is 0.426. The Kier molecular flexibility index (Phi) is 11.1. The Bertz CT molecular complexity index is 872. The number of nitrogens with one attached hydrogen (secondary N) is 1. The SMILES string of the molecule is CC(C)CCC(=O)C1OC(SCCN(C)C)=NN1C(=O)NC1(COCc2ccccc2)CCCCC1. The molecule has 1 aliphatic carbocycles. The van der Waals surface area contributed by atoms with Crippen LogP contribution >= 0.6 is 11.8 Å². The summed E-state index contributed by atoms with van der Waals surface area (Å²) in [5.41, 5.74) is 0.619. The lowest BCUT2D eigenvalue weighted by molar-refractivity contribution is -0.131. The molecule has 200 valence electrons. The maximum absolute atomic E-state index is 13.5. The van der Waals surface area contributed by atoms with E-state index < -0.39 is 17.8 Å². The fourth-order valence-electron chi connectivity index (χ4n) is 4.35. The Morgan fingerprint density at radius 3 is 2.61 bits per heavy atom. The normalized spacial score (nSPS) is 19.3. The molecule has 1 N–H and O–H groups in total. The summed E-state index contributed by atoms with van der Waals surface area (Å²) < 4.78 is 12.0. The fraction of sp³-hybridized carbons (Fsp3) is 0.667. The lowest BCUT2D eigenvalue weighted by Gasteiger charge is -2.38. The van der Waals surface area contributed by atoms with Gasteiger partial charge in [0, 0.05) is 18.7 Å².